The summed E-state index contributed by atoms with van der Waals surface area (Å²) in [5, 5.41) is 0. The van der Waals surface area contributed by atoms with E-state index in [1.807, 2.05) is 0 Å². The van der Waals surface area contributed by atoms with E-state index in [4.69, 9.17) is 4.74 Å². The van der Waals surface area contributed by atoms with Gasteiger partial charge in [-0.05, 0) is 50.9 Å². The monoisotopic (exact) mass is 381 g/mol. The van der Waals surface area contributed by atoms with Crippen molar-refractivity contribution in [1.82, 2.24) is 4.90 Å². The van der Waals surface area contributed by atoms with E-state index in [0.717, 1.165) is 11.8 Å². The summed E-state index contributed by atoms with van der Waals surface area (Å²) in [5.41, 5.74) is 0. The van der Waals surface area contributed by atoms with Crippen molar-refractivity contribution < 1.29 is 4.74 Å². The highest BCUT2D eigenvalue weighted by molar-refractivity contribution is 4.75. The van der Waals surface area contributed by atoms with Crippen molar-refractivity contribution in [1.29, 1.82) is 0 Å². The number of unbranched alkanes of at least 4 members (excludes halogenated alkanes) is 5. The van der Waals surface area contributed by atoms with E-state index < -0.39 is 0 Å². The Balaban J connectivity index is 2.08. The first-order chi connectivity index (χ1) is 13.0. The Hall–Kier alpha value is -0.0800. The fourth-order valence-corrected chi connectivity index (χ4v) is 4.48. The number of likely N-dealkylation sites (tertiary alicyclic amines) is 1. The van der Waals surface area contributed by atoms with Crippen molar-refractivity contribution in [2.45, 2.75) is 130 Å². The number of nitrogens with zero attached hydrogens (tertiary/aromatic N) is 1. The smallest absolute Gasteiger partial charge is 0.0603 e. The van der Waals surface area contributed by atoms with Crippen LogP contribution in [0.5, 0.6) is 0 Å². The third-order valence-electron chi connectivity index (χ3n) is 6.45. The molecule has 0 bridgehead atoms. The van der Waals surface area contributed by atoms with Gasteiger partial charge in [0.25, 0.3) is 0 Å². The van der Waals surface area contributed by atoms with Crippen molar-refractivity contribution in [3.63, 3.8) is 0 Å². The van der Waals surface area contributed by atoms with Crippen LogP contribution < -0.4 is 0 Å². The van der Waals surface area contributed by atoms with Crippen LogP contribution in [-0.4, -0.2) is 36.7 Å². The molecule has 2 unspecified atom stereocenters. The van der Waals surface area contributed by atoms with Crippen LogP contribution in [0.15, 0.2) is 0 Å². The lowest BCUT2D eigenvalue weighted by Crippen LogP contribution is -2.40. The van der Waals surface area contributed by atoms with Crippen LogP contribution >= 0.6 is 0 Å². The van der Waals surface area contributed by atoms with Gasteiger partial charge < -0.3 is 9.64 Å². The number of rotatable bonds is 16. The number of ether oxygens (including phenoxy) is 1. The largest absolute Gasteiger partial charge is 0.375 e. The summed E-state index contributed by atoms with van der Waals surface area (Å²) in [4.78, 5) is 2.68. The van der Waals surface area contributed by atoms with Gasteiger partial charge >= 0.3 is 0 Å². The number of hydrogen-bond acceptors (Lipinski definition) is 2. The van der Waals surface area contributed by atoms with Crippen LogP contribution in [0.1, 0.15) is 118 Å². The molecule has 1 aliphatic heterocycles. The summed E-state index contributed by atoms with van der Waals surface area (Å²) in [5.74, 6) is 1.72. The number of hydrogen-bond donors (Lipinski definition) is 0. The first-order valence-electron chi connectivity index (χ1n) is 12.4. The molecule has 0 N–H and O–H groups in total. The topological polar surface area (TPSA) is 12.5 Å². The maximum absolute atomic E-state index is 6.39. The van der Waals surface area contributed by atoms with Crippen LogP contribution in [0, 0.1) is 11.8 Å². The molecule has 1 heterocycles. The van der Waals surface area contributed by atoms with Gasteiger partial charge in [-0.3, -0.25) is 0 Å². The summed E-state index contributed by atoms with van der Waals surface area (Å²) in [6.07, 6.45) is 18.5. The third kappa shape index (κ3) is 12.9. The minimum absolute atomic E-state index is 0.438. The minimum atomic E-state index is 0.438. The molecule has 0 aromatic rings. The lowest BCUT2D eigenvalue weighted by Gasteiger charge is -2.34. The molecule has 1 aliphatic rings. The average molecular weight is 382 g/mol. The minimum Gasteiger partial charge on any atom is -0.375 e. The standard InChI is InChI=1S/C25H51NO/c1-6-8-10-12-13-22(3)15-16-24(5)27-25-17-19-26(20-18-25)21-23(4)14-11-9-7-2/h22-25H,6-21H2,1-5H3/t22?,23?,24-/m0/s1. The van der Waals surface area contributed by atoms with Gasteiger partial charge in [0.2, 0.25) is 0 Å². The molecule has 1 saturated heterocycles. The Morgan fingerprint density at radius 1 is 0.741 bits per heavy atom. The summed E-state index contributed by atoms with van der Waals surface area (Å²) >= 11 is 0. The summed E-state index contributed by atoms with van der Waals surface area (Å²) in [6.45, 7) is 15.5. The Morgan fingerprint density at radius 2 is 1.33 bits per heavy atom. The normalized spacial score (nSPS) is 19.9. The summed E-state index contributed by atoms with van der Waals surface area (Å²) < 4.78 is 6.39. The second kappa shape index (κ2) is 15.8. The molecule has 0 aliphatic carbocycles. The van der Waals surface area contributed by atoms with Gasteiger partial charge in [-0.15, -0.1) is 0 Å². The van der Waals surface area contributed by atoms with Crippen molar-refractivity contribution in [2.24, 2.45) is 11.8 Å². The molecule has 162 valence electrons. The Morgan fingerprint density at radius 3 is 2.00 bits per heavy atom. The Kier molecular flexibility index (Phi) is 14.6. The fourth-order valence-electron chi connectivity index (χ4n) is 4.48. The highest BCUT2D eigenvalue weighted by Crippen LogP contribution is 2.22. The lowest BCUT2D eigenvalue weighted by molar-refractivity contribution is -0.0408. The van der Waals surface area contributed by atoms with Crippen molar-refractivity contribution in [3.8, 4) is 0 Å². The average Bonchev–Trinajstić information content (AvgIpc) is 2.65. The van der Waals surface area contributed by atoms with Gasteiger partial charge in [-0.25, -0.2) is 0 Å². The molecular weight excluding hydrogens is 330 g/mol. The molecule has 0 saturated carbocycles. The van der Waals surface area contributed by atoms with Crippen LogP contribution in [0.2, 0.25) is 0 Å². The molecule has 0 amide bonds. The Labute approximate surface area is 171 Å². The third-order valence-corrected chi connectivity index (χ3v) is 6.45. The SMILES string of the molecule is CCCCCCC(C)CC[C@H](C)OC1CCN(CC(C)CCCCC)CC1. The van der Waals surface area contributed by atoms with Crippen molar-refractivity contribution in [3.05, 3.63) is 0 Å². The van der Waals surface area contributed by atoms with E-state index in [2.05, 4.69) is 39.5 Å². The van der Waals surface area contributed by atoms with Crippen LogP contribution in [-0.2, 0) is 4.74 Å². The maximum atomic E-state index is 6.39. The molecule has 0 spiro atoms. The van der Waals surface area contributed by atoms with E-state index >= 15 is 0 Å². The zero-order chi connectivity index (χ0) is 19.9. The highest BCUT2D eigenvalue weighted by atomic mass is 16.5. The fraction of sp³-hybridized carbons (Fsp3) is 1.00. The highest BCUT2D eigenvalue weighted by Gasteiger charge is 2.22. The van der Waals surface area contributed by atoms with Crippen molar-refractivity contribution >= 4 is 0 Å². The summed E-state index contributed by atoms with van der Waals surface area (Å²) in [7, 11) is 0. The molecule has 1 fully saturated rings. The Bertz CT molecular complexity index is 324. The van der Waals surface area contributed by atoms with Gasteiger partial charge in [0.15, 0.2) is 0 Å². The van der Waals surface area contributed by atoms with Gasteiger partial charge in [0, 0.05) is 19.6 Å². The first-order valence-corrected chi connectivity index (χ1v) is 12.4. The second-order valence-corrected chi connectivity index (χ2v) is 9.58. The van der Waals surface area contributed by atoms with Gasteiger partial charge in [-0.2, -0.15) is 0 Å². The van der Waals surface area contributed by atoms with Crippen LogP contribution in [0.3, 0.4) is 0 Å². The van der Waals surface area contributed by atoms with Gasteiger partial charge in [0.05, 0.1) is 12.2 Å². The quantitative estimate of drug-likeness (QED) is 0.257. The van der Waals surface area contributed by atoms with E-state index in [0.29, 0.717) is 12.2 Å². The summed E-state index contributed by atoms with van der Waals surface area (Å²) in [6, 6.07) is 0. The molecule has 0 aromatic carbocycles. The molecule has 0 radical (unpaired) electrons. The van der Waals surface area contributed by atoms with Crippen molar-refractivity contribution in [2.75, 3.05) is 19.6 Å². The molecule has 2 nitrogen and oxygen atoms in total. The number of piperidine rings is 1. The van der Waals surface area contributed by atoms with E-state index in [1.165, 1.54) is 103 Å². The molecular formula is C25H51NO. The predicted octanol–water partition coefficient (Wildman–Crippen LogP) is 7.46. The molecule has 0 aromatic heterocycles. The van der Waals surface area contributed by atoms with Gasteiger partial charge in [0.1, 0.15) is 0 Å². The lowest BCUT2D eigenvalue weighted by atomic mass is 9.96. The predicted molar refractivity (Wildman–Crippen MR) is 120 cm³/mol. The molecule has 3 atom stereocenters. The van der Waals surface area contributed by atoms with E-state index in [-0.39, 0.29) is 0 Å². The zero-order valence-electron chi connectivity index (χ0n) is 19.5. The van der Waals surface area contributed by atoms with E-state index in [9.17, 15) is 0 Å². The molecule has 2 heteroatoms. The van der Waals surface area contributed by atoms with E-state index in [1.54, 1.807) is 0 Å². The first kappa shape index (κ1) is 25.0. The maximum Gasteiger partial charge on any atom is 0.0603 e. The molecule has 27 heavy (non-hydrogen) atoms. The second-order valence-electron chi connectivity index (χ2n) is 9.58. The zero-order valence-corrected chi connectivity index (χ0v) is 19.5. The van der Waals surface area contributed by atoms with Crippen LogP contribution in [0.4, 0.5) is 0 Å². The molecule has 1 rings (SSSR count). The van der Waals surface area contributed by atoms with Gasteiger partial charge in [-0.1, -0.05) is 79.1 Å². The van der Waals surface area contributed by atoms with Crippen LogP contribution in [0.25, 0.3) is 0 Å².